The van der Waals surface area contributed by atoms with Crippen molar-refractivity contribution in [3.63, 3.8) is 0 Å². The van der Waals surface area contributed by atoms with E-state index in [1.54, 1.807) is 7.05 Å². The predicted octanol–water partition coefficient (Wildman–Crippen LogP) is 3.29. The molecule has 0 aliphatic heterocycles. The summed E-state index contributed by atoms with van der Waals surface area (Å²) < 4.78 is 0. The van der Waals surface area contributed by atoms with E-state index in [9.17, 15) is 4.79 Å². The number of likely N-dealkylation sites (N-methyl/N-ethyl adjacent to an activating group) is 1. The fourth-order valence-corrected chi connectivity index (χ4v) is 3.55. The number of rotatable bonds is 9. The highest BCUT2D eigenvalue weighted by molar-refractivity contribution is 14.0. The Balaban J connectivity index is 0.00000385. The fraction of sp³-hybridized carbons (Fsp3) is 0.360. The summed E-state index contributed by atoms with van der Waals surface area (Å²) in [4.78, 5) is 22.1. The van der Waals surface area contributed by atoms with Gasteiger partial charge < -0.3 is 25.8 Å². The minimum atomic E-state index is -0.0508. The van der Waals surface area contributed by atoms with Gasteiger partial charge in [-0.25, -0.2) is 0 Å². The Morgan fingerprint density at radius 3 is 2.64 bits per heavy atom. The summed E-state index contributed by atoms with van der Waals surface area (Å²) in [5.74, 6) is 0.687. The SMILES string of the molecule is CN=C(NCCc1c[nH]c2cc(C)ccc12)NCc1cccc(C(=O)NCCN(C)C)c1.I. The van der Waals surface area contributed by atoms with E-state index in [0.29, 0.717) is 18.7 Å². The first kappa shape index (κ1) is 26.7. The molecule has 1 aromatic heterocycles. The van der Waals surface area contributed by atoms with Crippen LogP contribution in [-0.2, 0) is 13.0 Å². The van der Waals surface area contributed by atoms with E-state index >= 15 is 0 Å². The third kappa shape index (κ3) is 8.04. The zero-order valence-electron chi connectivity index (χ0n) is 19.9. The van der Waals surface area contributed by atoms with Gasteiger partial charge in [0, 0.05) is 55.9 Å². The van der Waals surface area contributed by atoms with Crippen LogP contribution in [0.1, 0.15) is 27.0 Å². The van der Waals surface area contributed by atoms with Crippen LogP contribution >= 0.6 is 24.0 Å². The molecule has 0 saturated heterocycles. The van der Waals surface area contributed by atoms with Crippen LogP contribution in [0.3, 0.4) is 0 Å². The molecule has 0 radical (unpaired) electrons. The maximum Gasteiger partial charge on any atom is 0.251 e. The quantitative estimate of drug-likeness (QED) is 0.183. The van der Waals surface area contributed by atoms with Crippen molar-refractivity contribution in [3.05, 3.63) is 70.9 Å². The summed E-state index contributed by atoms with van der Waals surface area (Å²) in [7, 11) is 5.74. The number of H-pyrrole nitrogens is 1. The summed E-state index contributed by atoms with van der Waals surface area (Å²) in [5.41, 5.74) is 5.41. The number of aromatic amines is 1. The first-order valence-corrected chi connectivity index (χ1v) is 11.0. The molecule has 0 bridgehead atoms. The van der Waals surface area contributed by atoms with Crippen molar-refractivity contribution in [3.8, 4) is 0 Å². The second-order valence-electron chi connectivity index (χ2n) is 8.23. The number of carbonyl (C=O) groups excluding carboxylic acids is 1. The highest BCUT2D eigenvalue weighted by Gasteiger charge is 2.07. The van der Waals surface area contributed by atoms with Crippen LogP contribution in [-0.4, -0.2) is 62.5 Å². The monoisotopic (exact) mass is 562 g/mol. The number of halogens is 1. The van der Waals surface area contributed by atoms with Crippen LogP contribution in [0.4, 0.5) is 0 Å². The number of aryl methyl sites for hydroxylation is 1. The maximum atomic E-state index is 12.3. The Kier molecular flexibility index (Phi) is 10.7. The van der Waals surface area contributed by atoms with E-state index in [0.717, 1.165) is 31.0 Å². The first-order valence-electron chi connectivity index (χ1n) is 11.0. The lowest BCUT2D eigenvalue weighted by Crippen LogP contribution is -2.37. The maximum absolute atomic E-state index is 12.3. The molecule has 3 aromatic rings. The van der Waals surface area contributed by atoms with Gasteiger partial charge in [-0.15, -0.1) is 24.0 Å². The lowest BCUT2D eigenvalue weighted by molar-refractivity contribution is 0.0951. The molecule has 33 heavy (non-hydrogen) atoms. The Labute approximate surface area is 213 Å². The molecule has 0 aliphatic rings. The third-order valence-corrected chi connectivity index (χ3v) is 5.33. The molecule has 178 valence electrons. The normalized spacial score (nSPS) is 11.4. The second kappa shape index (κ2) is 13.2. The number of amides is 1. The van der Waals surface area contributed by atoms with Gasteiger partial charge in [-0.1, -0.05) is 24.3 Å². The molecule has 0 aliphatic carbocycles. The smallest absolute Gasteiger partial charge is 0.251 e. The molecule has 0 unspecified atom stereocenters. The van der Waals surface area contributed by atoms with E-state index < -0.39 is 0 Å². The zero-order chi connectivity index (χ0) is 22.9. The van der Waals surface area contributed by atoms with E-state index in [1.165, 1.54) is 22.0 Å². The number of nitrogens with one attached hydrogen (secondary N) is 4. The minimum Gasteiger partial charge on any atom is -0.361 e. The largest absolute Gasteiger partial charge is 0.361 e. The van der Waals surface area contributed by atoms with Crippen molar-refractivity contribution in [2.75, 3.05) is 40.8 Å². The van der Waals surface area contributed by atoms with Crippen molar-refractivity contribution in [2.45, 2.75) is 19.9 Å². The average molecular weight is 563 g/mol. The Hall–Kier alpha value is -2.59. The van der Waals surface area contributed by atoms with Crippen molar-refractivity contribution in [2.24, 2.45) is 4.99 Å². The number of guanidine groups is 1. The fourth-order valence-electron chi connectivity index (χ4n) is 3.55. The van der Waals surface area contributed by atoms with Crippen molar-refractivity contribution >= 4 is 46.7 Å². The topological polar surface area (TPSA) is 84.5 Å². The lowest BCUT2D eigenvalue weighted by atomic mass is 10.1. The van der Waals surface area contributed by atoms with Crippen LogP contribution in [0.15, 0.2) is 53.7 Å². The van der Waals surface area contributed by atoms with Gasteiger partial charge in [0.25, 0.3) is 5.91 Å². The molecule has 0 spiro atoms. The number of benzene rings is 2. The van der Waals surface area contributed by atoms with Gasteiger partial charge in [0.05, 0.1) is 0 Å². The number of nitrogens with zero attached hydrogens (tertiary/aromatic N) is 2. The molecule has 8 heteroatoms. The van der Waals surface area contributed by atoms with E-state index in [1.807, 2.05) is 43.3 Å². The van der Waals surface area contributed by atoms with E-state index in [-0.39, 0.29) is 29.9 Å². The molecule has 3 rings (SSSR count). The van der Waals surface area contributed by atoms with Crippen LogP contribution < -0.4 is 16.0 Å². The first-order chi connectivity index (χ1) is 15.5. The molecule has 1 heterocycles. The molecule has 0 atom stereocenters. The van der Waals surface area contributed by atoms with E-state index in [2.05, 4.69) is 57.2 Å². The van der Waals surface area contributed by atoms with Gasteiger partial charge in [0.2, 0.25) is 0 Å². The molecule has 7 nitrogen and oxygen atoms in total. The molecule has 4 N–H and O–H groups in total. The standard InChI is InChI=1S/C25H34N6O.HI/c1-18-8-9-22-21(17-29-23(22)14-18)10-11-28-25(26-2)30-16-19-6-5-7-20(15-19)24(32)27-12-13-31(3)4;/h5-9,14-15,17,29H,10-13,16H2,1-4H3,(H,27,32)(H2,26,28,30);1H. The van der Waals surface area contributed by atoms with Crippen LogP contribution in [0.5, 0.6) is 0 Å². The van der Waals surface area contributed by atoms with Crippen LogP contribution in [0.25, 0.3) is 10.9 Å². The summed E-state index contributed by atoms with van der Waals surface area (Å²) in [6, 6.07) is 14.2. The number of carbonyl (C=O) groups is 1. The van der Waals surface area contributed by atoms with Crippen molar-refractivity contribution in [1.82, 2.24) is 25.8 Å². The molecular formula is C25H35IN6O. The molecule has 1 amide bonds. The van der Waals surface area contributed by atoms with E-state index in [4.69, 9.17) is 0 Å². The van der Waals surface area contributed by atoms with Crippen LogP contribution in [0, 0.1) is 6.92 Å². The van der Waals surface area contributed by atoms with Gasteiger partial charge in [0.15, 0.2) is 5.96 Å². The van der Waals surface area contributed by atoms with Gasteiger partial charge >= 0.3 is 0 Å². The van der Waals surface area contributed by atoms with Crippen LogP contribution in [0.2, 0.25) is 0 Å². The highest BCUT2D eigenvalue weighted by Crippen LogP contribution is 2.19. The Bertz CT molecular complexity index is 1080. The van der Waals surface area contributed by atoms with Gasteiger partial charge in [-0.2, -0.15) is 0 Å². The molecular weight excluding hydrogens is 527 g/mol. The highest BCUT2D eigenvalue weighted by atomic mass is 127. The summed E-state index contributed by atoms with van der Waals surface area (Å²) in [5, 5.41) is 10.9. The average Bonchev–Trinajstić information content (AvgIpc) is 3.17. The number of hydrogen-bond acceptors (Lipinski definition) is 3. The lowest BCUT2D eigenvalue weighted by Gasteiger charge is -2.13. The predicted molar refractivity (Wildman–Crippen MR) is 148 cm³/mol. The van der Waals surface area contributed by atoms with Crippen molar-refractivity contribution in [1.29, 1.82) is 0 Å². The van der Waals surface area contributed by atoms with Crippen molar-refractivity contribution < 1.29 is 4.79 Å². The molecule has 0 saturated carbocycles. The molecule has 0 fully saturated rings. The number of aromatic nitrogens is 1. The zero-order valence-corrected chi connectivity index (χ0v) is 22.2. The number of hydrogen-bond donors (Lipinski definition) is 4. The third-order valence-electron chi connectivity index (χ3n) is 5.33. The van der Waals surface area contributed by atoms with Gasteiger partial charge in [-0.05, 0) is 62.3 Å². The summed E-state index contributed by atoms with van der Waals surface area (Å²) in [6.45, 7) is 4.90. The summed E-state index contributed by atoms with van der Waals surface area (Å²) in [6.07, 6.45) is 2.98. The number of fused-ring (bicyclic) bond motifs is 1. The second-order valence-corrected chi connectivity index (χ2v) is 8.23. The minimum absolute atomic E-state index is 0. The van der Waals surface area contributed by atoms with Gasteiger partial charge in [0.1, 0.15) is 0 Å². The van der Waals surface area contributed by atoms with Gasteiger partial charge in [-0.3, -0.25) is 9.79 Å². The summed E-state index contributed by atoms with van der Waals surface area (Å²) >= 11 is 0. The Morgan fingerprint density at radius 1 is 1.06 bits per heavy atom. The molecule has 2 aromatic carbocycles. The Morgan fingerprint density at radius 2 is 1.88 bits per heavy atom. The number of aliphatic imine (C=N–C) groups is 1.